The first-order chi connectivity index (χ1) is 29.9. The Hall–Kier alpha value is -3.28. The number of carboxylic acids is 1. The highest BCUT2D eigenvalue weighted by atomic mass is 35.5. The van der Waals surface area contributed by atoms with Crippen LogP contribution in [0.5, 0.6) is 0 Å². The Bertz CT molecular complexity index is 2050. The van der Waals surface area contributed by atoms with Gasteiger partial charge in [-0.3, -0.25) is 24.0 Å². The lowest BCUT2D eigenvalue weighted by atomic mass is 9.33. The van der Waals surface area contributed by atoms with Crippen molar-refractivity contribution in [1.29, 1.82) is 0 Å². The second-order valence-electron chi connectivity index (χ2n) is 23.2. The van der Waals surface area contributed by atoms with Crippen LogP contribution in [0.3, 0.4) is 0 Å². The van der Waals surface area contributed by atoms with E-state index in [4.69, 9.17) is 22.1 Å². The number of fused-ring (bicyclic) bond motifs is 7. The normalized spacial score (nSPS) is 36.9. The summed E-state index contributed by atoms with van der Waals surface area (Å²) in [5.74, 6) is -1.90. The number of hydrogen-bond acceptors (Lipinski definition) is 8. The summed E-state index contributed by atoms with van der Waals surface area (Å²) in [5, 5.41) is 28.5. The van der Waals surface area contributed by atoms with Gasteiger partial charge in [-0.15, -0.1) is 0 Å². The molecule has 6 aliphatic carbocycles. The second kappa shape index (κ2) is 17.4. The number of ether oxygens (including phenoxy) is 1. The zero-order chi connectivity index (χ0) is 46.9. The molecule has 6 aliphatic rings. The number of nitrogens with two attached hydrogens (primary N) is 1. The van der Waals surface area contributed by atoms with Gasteiger partial charge in [0.2, 0.25) is 5.91 Å². The third-order valence-corrected chi connectivity index (χ3v) is 19.6. The quantitative estimate of drug-likeness (QED) is 0.0900. The van der Waals surface area contributed by atoms with Crippen LogP contribution in [0.25, 0.3) is 0 Å². The summed E-state index contributed by atoms with van der Waals surface area (Å²) >= 11 is 6.05. The molecular weight excluding hydrogens is 830 g/mol. The number of aliphatic hydroxyl groups is 1. The molecule has 1 aromatic carbocycles. The summed E-state index contributed by atoms with van der Waals surface area (Å²) in [6.07, 6.45) is 8.20. The molecule has 7 rings (SSSR count). The molecule has 2 amide bonds. The molecule has 11 nitrogen and oxygen atoms in total. The number of carbonyl (C=O) groups excluding carboxylic acids is 4. The fourth-order valence-corrected chi connectivity index (χ4v) is 15.5. The number of halogens is 1. The minimum atomic E-state index is -0.994. The van der Waals surface area contributed by atoms with Crippen molar-refractivity contribution in [3.63, 3.8) is 0 Å². The number of unbranched alkanes of at least 4 members (excludes halogenated alkanes) is 1. The number of rotatable bonds is 14. The van der Waals surface area contributed by atoms with E-state index in [0.717, 1.165) is 56.1 Å². The van der Waals surface area contributed by atoms with Gasteiger partial charge < -0.3 is 31.3 Å². The molecule has 0 spiro atoms. The van der Waals surface area contributed by atoms with Crippen molar-refractivity contribution >= 4 is 41.1 Å². The summed E-state index contributed by atoms with van der Waals surface area (Å²) in [6.45, 7) is 20.4. The number of nitrogens with one attached hydrogen (secondary N) is 2. The Labute approximate surface area is 386 Å². The van der Waals surface area contributed by atoms with Crippen molar-refractivity contribution in [3.05, 3.63) is 46.0 Å². The van der Waals surface area contributed by atoms with Crippen molar-refractivity contribution in [1.82, 2.24) is 10.6 Å². The average Bonchev–Trinajstić information content (AvgIpc) is 3.53. The van der Waals surface area contributed by atoms with Crippen molar-refractivity contribution in [3.8, 4) is 0 Å². The van der Waals surface area contributed by atoms with Crippen molar-refractivity contribution < 1.29 is 38.9 Å². The van der Waals surface area contributed by atoms with Crippen LogP contribution >= 0.6 is 11.6 Å². The molecular formula is C52H76ClN3O8. The Balaban J connectivity index is 1.10. The number of aliphatic carboxylic acids is 1. The van der Waals surface area contributed by atoms with E-state index in [1.165, 1.54) is 0 Å². The fraction of sp³-hybridized carbons (Fsp3) is 0.750. The van der Waals surface area contributed by atoms with Gasteiger partial charge in [-0.1, -0.05) is 79.5 Å². The van der Waals surface area contributed by atoms with Gasteiger partial charge >= 0.3 is 11.9 Å². The zero-order valence-electron chi connectivity index (χ0n) is 39.9. The molecule has 5 fully saturated rings. The molecule has 6 N–H and O–H groups in total. The molecule has 5 saturated carbocycles. The molecule has 0 aromatic heterocycles. The average molecular weight is 907 g/mol. The maximum Gasteiger partial charge on any atom is 0.309 e. The predicted octanol–water partition coefficient (Wildman–Crippen LogP) is 8.68. The number of ketones is 1. The van der Waals surface area contributed by atoms with E-state index in [-0.39, 0.29) is 76.1 Å². The maximum absolute atomic E-state index is 14.3. The van der Waals surface area contributed by atoms with E-state index in [1.807, 2.05) is 13.8 Å². The third kappa shape index (κ3) is 7.77. The minimum absolute atomic E-state index is 0.000285. The molecule has 1 aromatic rings. The number of esters is 1. The van der Waals surface area contributed by atoms with Crippen LogP contribution in [0, 0.1) is 68.0 Å². The molecule has 354 valence electrons. The molecule has 0 heterocycles. The summed E-state index contributed by atoms with van der Waals surface area (Å²) in [4.78, 5) is 66.9. The molecule has 0 bridgehead atoms. The van der Waals surface area contributed by atoms with Gasteiger partial charge in [-0.25, -0.2) is 0 Å². The Kier molecular flexibility index (Phi) is 13.2. The highest BCUT2D eigenvalue weighted by Gasteiger charge is 2.71. The minimum Gasteiger partial charge on any atom is -0.481 e. The lowest BCUT2D eigenvalue weighted by Gasteiger charge is -2.72. The fourth-order valence-electron chi connectivity index (χ4n) is 15.4. The van der Waals surface area contributed by atoms with Gasteiger partial charge in [0.25, 0.3) is 5.91 Å². The molecule has 12 heteroatoms. The lowest BCUT2D eigenvalue weighted by molar-refractivity contribution is -0.238. The zero-order valence-corrected chi connectivity index (χ0v) is 40.7. The molecule has 64 heavy (non-hydrogen) atoms. The van der Waals surface area contributed by atoms with Crippen LogP contribution in [0.15, 0.2) is 35.4 Å². The molecule has 1 unspecified atom stereocenters. The van der Waals surface area contributed by atoms with E-state index in [2.05, 4.69) is 59.1 Å². The first kappa shape index (κ1) is 48.6. The highest BCUT2D eigenvalue weighted by Crippen LogP contribution is 2.77. The number of carbonyl (C=O) groups is 5. The van der Waals surface area contributed by atoms with Gasteiger partial charge in [0.05, 0.1) is 17.9 Å². The van der Waals surface area contributed by atoms with Gasteiger partial charge in [-0.05, 0) is 159 Å². The second-order valence-corrected chi connectivity index (χ2v) is 23.7. The summed E-state index contributed by atoms with van der Waals surface area (Å²) < 4.78 is 6.42. The monoisotopic (exact) mass is 906 g/mol. The number of benzene rings is 1. The Morgan fingerprint density at radius 3 is 2.17 bits per heavy atom. The van der Waals surface area contributed by atoms with E-state index in [1.54, 1.807) is 24.3 Å². The Morgan fingerprint density at radius 2 is 1.55 bits per heavy atom. The van der Waals surface area contributed by atoms with Crippen LogP contribution in [-0.2, 0) is 23.9 Å². The number of carboxylic acid groups (broad SMARTS) is 1. The molecule has 0 saturated heterocycles. The first-order valence-electron chi connectivity index (χ1n) is 24.3. The number of aliphatic hydroxyl groups excluding tert-OH is 1. The Morgan fingerprint density at radius 1 is 0.859 bits per heavy atom. The summed E-state index contributed by atoms with van der Waals surface area (Å²) in [7, 11) is 0. The smallest absolute Gasteiger partial charge is 0.309 e. The third-order valence-electron chi connectivity index (χ3n) is 19.3. The SMILES string of the molecule is CC(C)C1=C2[C@H]3CC[C@@H]4[C@@]5(C)CC[C@H](OC(=O)[C@H]6C[C@@H](C(=O)O)C6(C)C)C(C)(C)[C@@H]5CC[C@@]4(C)[C@]3(C)CC[C@@]2([C@@H](O)CNC(=O)C(CCCCN)NC(=O)c2ccc(Cl)cc2)CC1=O. The van der Waals surface area contributed by atoms with Gasteiger partial charge in [-0.2, -0.15) is 0 Å². The van der Waals surface area contributed by atoms with Crippen molar-refractivity contribution in [2.45, 2.75) is 164 Å². The van der Waals surface area contributed by atoms with E-state index in [0.29, 0.717) is 61.1 Å². The topological polar surface area (TPSA) is 185 Å². The van der Waals surface area contributed by atoms with Crippen molar-refractivity contribution in [2.75, 3.05) is 13.1 Å². The van der Waals surface area contributed by atoms with Gasteiger partial charge in [0, 0.05) is 34.4 Å². The number of amides is 2. The van der Waals surface area contributed by atoms with E-state index < -0.39 is 40.8 Å². The van der Waals surface area contributed by atoms with Crippen LogP contribution in [0.4, 0.5) is 0 Å². The first-order valence-corrected chi connectivity index (χ1v) is 24.7. The van der Waals surface area contributed by atoms with Gasteiger partial charge in [0.1, 0.15) is 12.1 Å². The standard InChI is InChI=1S/C52H76ClN3O8/c1-29(2)41-36(57)27-52(39(58)28-55-44(60)35(12-10-11-25-54)56-43(59)30-13-15-31(53)16-14-30)24-23-50(8)32(42(41)52)17-18-38-49(7)21-20-40(48(5,6)37(49)19-22-51(38,50)9)64-46(63)34-26-33(45(61)62)47(34,3)4/h13-16,29,32-35,37-40,58H,10-12,17-28,54H2,1-9H3,(H,55,60)(H,56,59)(H,61,62)/t32-,33+,34-,35?,37+,38-,39+,40+,49+,50-,51-,52+/m1/s1. The lowest BCUT2D eigenvalue weighted by Crippen LogP contribution is -2.66. The predicted molar refractivity (Wildman–Crippen MR) is 247 cm³/mol. The summed E-state index contributed by atoms with van der Waals surface area (Å²) in [5.41, 5.74) is 6.27. The van der Waals surface area contributed by atoms with E-state index in [9.17, 15) is 34.2 Å². The number of allylic oxidation sites excluding steroid dienone is 1. The van der Waals surface area contributed by atoms with Crippen LogP contribution in [0.2, 0.25) is 5.02 Å². The largest absolute Gasteiger partial charge is 0.481 e. The molecule has 0 radical (unpaired) electrons. The number of hydrogen-bond donors (Lipinski definition) is 5. The summed E-state index contributed by atoms with van der Waals surface area (Å²) in [6, 6.07) is 5.67. The molecule has 12 atom stereocenters. The maximum atomic E-state index is 14.3. The van der Waals surface area contributed by atoms with E-state index >= 15 is 0 Å². The number of Topliss-reactive ketones (excluding diaryl/α,β-unsaturated/α-hetero) is 1. The van der Waals surface area contributed by atoms with Crippen LogP contribution in [0.1, 0.15) is 156 Å². The molecule has 0 aliphatic heterocycles. The highest BCUT2D eigenvalue weighted by molar-refractivity contribution is 6.30. The van der Waals surface area contributed by atoms with Crippen molar-refractivity contribution in [2.24, 2.45) is 73.7 Å². The van der Waals surface area contributed by atoms with Gasteiger partial charge in [0.15, 0.2) is 5.78 Å². The van der Waals surface area contributed by atoms with Crippen LogP contribution < -0.4 is 16.4 Å². The van der Waals surface area contributed by atoms with Crippen LogP contribution in [-0.4, -0.2) is 71.1 Å².